The second kappa shape index (κ2) is 6.70. The van der Waals surface area contributed by atoms with Crippen molar-refractivity contribution in [3.8, 4) is 0 Å². The van der Waals surface area contributed by atoms with Gasteiger partial charge in [0.1, 0.15) is 5.60 Å². The molecule has 0 aliphatic carbocycles. The standard InChI is InChI=1S/C14H18ClNO4/c1-14(2,3)20-12(17)7-9(13(18)19)6-11-5-4-10(15)8-16-11/h4-5,8-9H,6-7H2,1-3H3,(H,18,19). The molecule has 1 aromatic heterocycles. The van der Waals surface area contributed by atoms with Crippen molar-refractivity contribution in [1.29, 1.82) is 0 Å². The van der Waals surface area contributed by atoms with E-state index in [1.807, 2.05) is 0 Å². The molecule has 0 saturated carbocycles. The van der Waals surface area contributed by atoms with Crippen LogP contribution in [0.25, 0.3) is 0 Å². The van der Waals surface area contributed by atoms with E-state index in [-0.39, 0.29) is 12.8 Å². The number of carbonyl (C=O) groups is 2. The van der Waals surface area contributed by atoms with Gasteiger partial charge in [0.15, 0.2) is 0 Å². The number of carboxylic acid groups (broad SMARTS) is 1. The number of halogens is 1. The lowest BCUT2D eigenvalue weighted by molar-refractivity contribution is -0.159. The van der Waals surface area contributed by atoms with Crippen molar-refractivity contribution in [3.63, 3.8) is 0 Å². The molecule has 1 heterocycles. The molecule has 1 aromatic rings. The Bertz CT molecular complexity index is 479. The zero-order valence-corrected chi connectivity index (χ0v) is 12.5. The number of ether oxygens (including phenoxy) is 1. The fourth-order valence-corrected chi connectivity index (χ4v) is 1.72. The number of carboxylic acids is 1. The molecule has 1 unspecified atom stereocenters. The maximum Gasteiger partial charge on any atom is 0.307 e. The molecule has 1 rings (SSSR count). The van der Waals surface area contributed by atoms with E-state index in [9.17, 15) is 14.7 Å². The molecule has 1 atom stereocenters. The van der Waals surface area contributed by atoms with Crippen LogP contribution in [0, 0.1) is 5.92 Å². The van der Waals surface area contributed by atoms with Gasteiger partial charge < -0.3 is 9.84 Å². The van der Waals surface area contributed by atoms with E-state index in [0.29, 0.717) is 10.7 Å². The first-order chi connectivity index (χ1) is 9.17. The molecular weight excluding hydrogens is 282 g/mol. The Balaban J connectivity index is 2.68. The highest BCUT2D eigenvalue weighted by atomic mass is 35.5. The number of aromatic nitrogens is 1. The minimum Gasteiger partial charge on any atom is -0.481 e. The highest BCUT2D eigenvalue weighted by Gasteiger charge is 2.25. The first-order valence-corrected chi connectivity index (χ1v) is 6.60. The molecule has 20 heavy (non-hydrogen) atoms. The molecule has 6 heteroatoms. The molecule has 0 amide bonds. The summed E-state index contributed by atoms with van der Waals surface area (Å²) in [5, 5.41) is 9.65. The van der Waals surface area contributed by atoms with E-state index < -0.39 is 23.5 Å². The van der Waals surface area contributed by atoms with E-state index in [1.54, 1.807) is 32.9 Å². The average Bonchev–Trinajstić information content (AvgIpc) is 2.28. The highest BCUT2D eigenvalue weighted by molar-refractivity contribution is 6.30. The van der Waals surface area contributed by atoms with Crippen LogP contribution in [0.15, 0.2) is 18.3 Å². The summed E-state index contributed by atoms with van der Waals surface area (Å²) in [6.07, 6.45) is 1.42. The van der Waals surface area contributed by atoms with Gasteiger partial charge in [-0.25, -0.2) is 0 Å². The van der Waals surface area contributed by atoms with E-state index in [2.05, 4.69) is 4.98 Å². The van der Waals surface area contributed by atoms with Crippen LogP contribution in [0.4, 0.5) is 0 Å². The van der Waals surface area contributed by atoms with Crippen LogP contribution in [0.1, 0.15) is 32.9 Å². The largest absolute Gasteiger partial charge is 0.481 e. The van der Waals surface area contributed by atoms with Gasteiger partial charge in [-0.2, -0.15) is 0 Å². The van der Waals surface area contributed by atoms with Crippen LogP contribution >= 0.6 is 11.6 Å². The fraction of sp³-hybridized carbons (Fsp3) is 0.500. The number of hydrogen-bond acceptors (Lipinski definition) is 4. The minimum atomic E-state index is -1.05. The Morgan fingerprint density at radius 3 is 2.50 bits per heavy atom. The van der Waals surface area contributed by atoms with Gasteiger partial charge in [-0.05, 0) is 32.9 Å². The van der Waals surface area contributed by atoms with Crippen LogP contribution in [0.5, 0.6) is 0 Å². The van der Waals surface area contributed by atoms with Gasteiger partial charge in [-0.3, -0.25) is 14.6 Å². The van der Waals surface area contributed by atoms with Crippen molar-refractivity contribution in [2.75, 3.05) is 0 Å². The molecule has 5 nitrogen and oxygen atoms in total. The normalized spacial score (nSPS) is 12.8. The number of hydrogen-bond donors (Lipinski definition) is 1. The Hall–Kier alpha value is -1.62. The lowest BCUT2D eigenvalue weighted by Gasteiger charge is -2.20. The summed E-state index contributed by atoms with van der Waals surface area (Å²) < 4.78 is 5.13. The number of esters is 1. The number of carbonyl (C=O) groups excluding carboxylic acids is 1. The minimum absolute atomic E-state index is 0.158. The molecule has 0 bridgehead atoms. The van der Waals surface area contributed by atoms with Crippen molar-refractivity contribution in [2.45, 2.75) is 39.2 Å². The molecule has 0 saturated heterocycles. The monoisotopic (exact) mass is 299 g/mol. The van der Waals surface area contributed by atoms with Gasteiger partial charge in [-0.1, -0.05) is 11.6 Å². The summed E-state index contributed by atoms with van der Waals surface area (Å²) in [6, 6.07) is 3.28. The van der Waals surface area contributed by atoms with Crippen LogP contribution in [-0.2, 0) is 20.7 Å². The summed E-state index contributed by atoms with van der Waals surface area (Å²) in [5.41, 5.74) is -0.0519. The van der Waals surface area contributed by atoms with E-state index in [1.165, 1.54) is 6.20 Å². The first kappa shape index (κ1) is 16.4. The summed E-state index contributed by atoms with van der Waals surface area (Å²) in [6.45, 7) is 5.21. The quantitative estimate of drug-likeness (QED) is 0.846. The van der Waals surface area contributed by atoms with E-state index >= 15 is 0 Å². The van der Waals surface area contributed by atoms with Crippen molar-refractivity contribution in [1.82, 2.24) is 4.98 Å². The van der Waals surface area contributed by atoms with Crippen LogP contribution in [0.2, 0.25) is 5.02 Å². The van der Waals surface area contributed by atoms with Gasteiger partial charge in [0, 0.05) is 18.3 Å². The van der Waals surface area contributed by atoms with Crippen LogP contribution in [-0.4, -0.2) is 27.6 Å². The predicted molar refractivity (Wildman–Crippen MR) is 74.5 cm³/mol. The molecule has 0 aromatic carbocycles. The average molecular weight is 300 g/mol. The lowest BCUT2D eigenvalue weighted by Crippen LogP contribution is -2.28. The lowest BCUT2D eigenvalue weighted by atomic mass is 9.99. The first-order valence-electron chi connectivity index (χ1n) is 6.22. The summed E-state index contributed by atoms with van der Waals surface area (Å²) in [7, 11) is 0. The molecule has 110 valence electrons. The molecule has 0 radical (unpaired) electrons. The Kier molecular flexibility index (Phi) is 5.51. The van der Waals surface area contributed by atoms with Crippen molar-refractivity contribution >= 4 is 23.5 Å². The van der Waals surface area contributed by atoms with Crippen molar-refractivity contribution < 1.29 is 19.4 Å². The molecule has 0 spiro atoms. The number of pyridine rings is 1. The Labute approximate surface area is 122 Å². The highest BCUT2D eigenvalue weighted by Crippen LogP contribution is 2.16. The Morgan fingerprint density at radius 1 is 1.40 bits per heavy atom. The number of aliphatic carboxylic acids is 1. The maximum absolute atomic E-state index is 11.7. The van der Waals surface area contributed by atoms with Gasteiger partial charge in [0.05, 0.1) is 17.4 Å². The smallest absolute Gasteiger partial charge is 0.307 e. The van der Waals surface area contributed by atoms with Crippen molar-refractivity contribution in [3.05, 3.63) is 29.0 Å². The maximum atomic E-state index is 11.7. The topological polar surface area (TPSA) is 76.5 Å². The van der Waals surface area contributed by atoms with Gasteiger partial charge in [-0.15, -0.1) is 0 Å². The third kappa shape index (κ3) is 6.02. The van der Waals surface area contributed by atoms with E-state index in [4.69, 9.17) is 16.3 Å². The van der Waals surface area contributed by atoms with Gasteiger partial charge in [0.2, 0.25) is 0 Å². The second-order valence-electron chi connectivity index (χ2n) is 5.50. The summed E-state index contributed by atoms with van der Waals surface area (Å²) in [4.78, 5) is 26.9. The number of rotatable bonds is 5. The molecule has 0 aliphatic rings. The fourth-order valence-electron chi connectivity index (χ4n) is 1.61. The van der Waals surface area contributed by atoms with E-state index in [0.717, 1.165) is 0 Å². The third-order valence-electron chi connectivity index (χ3n) is 2.43. The zero-order valence-electron chi connectivity index (χ0n) is 11.7. The second-order valence-corrected chi connectivity index (χ2v) is 5.93. The molecule has 0 aliphatic heterocycles. The van der Waals surface area contributed by atoms with Crippen LogP contribution in [0.3, 0.4) is 0 Å². The SMILES string of the molecule is CC(C)(C)OC(=O)CC(Cc1ccc(Cl)cn1)C(=O)O. The predicted octanol–water partition coefficient (Wildman–Crippen LogP) is 2.71. The van der Waals surface area contributed by atoms with Gasteiger partial charge >= 0.3 is 11.9 Å². The molecular formula is C14H18ClNO4. The summed E-state index contributed by atoms with van der Waals surface area (Å²) >= 11 is 5.71. The van der Waals surface area contributed by atoms with Crippen LogP contribution < -0.4 is 0 Å². The Morgan fingerprint density at radius 2 is 2.05 bits per heavy atom. The molecule has 0 fully saturated rings. The van der Waals surface area contributed by atoms with Gasteiger partial charge in [0.25, 0.3) is 0 Å². The zero-order chi connectivity index (χ0) is 15.3. The summed E-state index contributed by atoms with van der Waals surface area (Å²) in [5.74, 6) is -2.44. The number of nitrogens with zero attached hydrogens (tertiary/aromatic N) is 1. The third-order valence-corrected chi connectivity index (χ3v) is 2.65. The molecule has 1 N–H and O–H groups in total. The van der Waals surface area contributed by atoms with Crippen molar-refractivity contribution in [2.24, 2.45) is 5.92 Å².